The van der Waals surface area contributed by atoms with Gasteiger partial charge in [-0.3, -0.25) is 47.1 Å². The quantitative estimate of drug-likeness (QED) is 0.123. The molecule has 9 fully saturated rings. The summed E-state index contributed by atoms with van der Waals surface area (Å²) in [5.74, 6) is 3.80. The number of nitrogens with one attached hydrogen (secondary N) is 8. The van der Waals surface area contributed by atoms with Crippen LogP contribution in [0.15, 0.2) is 0 Å². The fourth-order valence-electron chi connectivity index (χ4n) is 12.3. The smallest absolute Gasteiger partial charge is 1.00 e. The minimum atomic E-state index is -4.61. The molecule has 5 aliphatic heterocycles. The Morgan fingerprint density at radius 2 is 0.723 bits per heavy atom. The molecular formula is C32H58FeLiN8O4P. The number of hydrogen-bond acceptors (Lipinski definition) is 10. The van der Waals surface area contributed by atoms with Crippen LogP contribution in [0.1, 0.15) is 97.7 Å². The molecule has 5 saturated heterocycles. The van der Waals surface area contributed by atoms with Crippen molar-refractivity contribution in [3.05, 3.63) is 0 Å². The van der Waals surface area contributed by atoms with Crippen LogP contribution in [0.5, 0.6) is 0 Å². The van der Waals surface area contributed by atoms with E-state index in [1.54, 1.807) is 0 Å². The number of phosphoric acid groups is 1. The third-order valence-corrected chi connectivity index (χ3v) is 14.6. The van der Waals surface area contributed by atoms with Crippen molar-refractivity contribution in [3.8, 4) is 0 Å². The Bertz CT molecular complexity index is 1150. The van der Waals surface area contributed by atoms with Crippen LogP contribution in [-0.4, -0.2) is 65.2 Å². The fourth-order valence-corrected chi connectivity index (χ4v) is 12.9. The summed E-state index contributed by atoms with van der Waals surface area (Å²) in [6.07, 6.45) is 19.0. The first-order valence-corrected chi connectivity index (χ1v) is 20.2. The monoisotopic (exact) mass is 712 g/mol. The van der Waals surface area contributed by atoms with Gasteiger partial charge in [-0.05, 0) is 92.8 Å². The van der Waals surface area contributed by atoms with E-state index in [0.29, 0.717) is 54.3 Å². The molecule has 17 unspecified atom stereocenters. The molecule has 0 aromatic carbocycles. The average molecular weight is 713 g/mol. The summed E-state index contributed by atoms with van der Waals surface area (Å²) in [4.78, 5) is 19.8. The van der Waals surface area contributed by atoms with Crippen LogP contribution in [-0.2, 0) is 26.2 Å². The molecule has 10 N–H and O–H groups in total. The van der Waals surface area contributed by atoms with E-state index in [9.17, 15) is 14.4 Å². The predicted molar refractivity (Wildman–Crippen MR) is 171 cm³/mol. The van der Waals surface area contributed by atoms with Crippen molar-refractivity contribution in [1.82, 2.24) is 42.5 Å². The molecule has 8 bridgehead atoms. The van der Waals surface area contributed by atoms with Crippen LogP contribution < -0.4 is 61.4 Å². The summed E-state index contributed by atoms with van der Waals surface area (Å²) in [6, 6.07) is 0. The van der Waals surface area contributed by atoms with Gasteiger partial charge in [0.15, 0.2) is 0 Å². The molecule has 9 rings (SSSR count). The zero-order valence-electron chi connectivity index (χ0n) is 28.9. The molecule has 0 radical (unpaired) electrons. The molecule has 0 aromatic heterocycles. The molecule has 4 saturated carbocycles. The fraction of sp³-hybridized carbons (Fsp3) is 1.00. The van der Waals surface area contributed by atoms with Crippen LogP contribution in [0.25, 0.3) is 0 Å². The van der Waals surface area contributed by atoms with Gasteiger partial charge in [0.2, 0.25) is 0 Å². The van der Waals surface area contributed by atoms with E-state index in [-0.39, 0.29) is 86.2 Å². The topological polar surface area (TPSA) is 163 Å². The van der Waals surface area contributed by atoms with E-state index in [1.165, 1.54) is 77.0 Å². The Morgan fingerprint density at radius 1 is 0.447 bits per heavy atom. The third-order valence-electron chi connectivity index (χ3n) is 14.1. The number of hydrogen-bond donors (Lipinski definition) is 10. The molecule has 17 atom stereocenters. The molecule has 5 heterocycles. The molecule has 9 aliphatic rings. The Labute approximate surface area is 304 Å². The van der Waals surface area contributed by atoms with Crippen molar-refractivity contribution < 1.29 is 56.2 Å². The molecular weight excluding hydrogens is 654 g/mol. The van der Waals surface area contributed by atoms with E-state index >= 15 is 0 Å². The Kier molecular flexibility index (Phi) is 11.4. The SMILES string of the molecule is O=P(O)(O)OC1CCCC2C3NC4NC(NC5NC(NC6NC(NC(N3)C12)C1CCCCC61)C1CCCCC51)C1CCCCC41.[Fe].[H-].[Li+]. The maximum Gasteiger partial charge on any atom is 1.00 e. The summed E-state index contributed by atoms with van der Waals surface area (Å²) in [5.41, 5.74) is 0. The average Bonchev–Trinajstić information content (AvgIpc) is 3.76. The van der Waals surface area contributed by atoms with Gasteiger partial charge in [-0.15, -0.1) is 0 Å². The zero-order valence-corrected chi connectivity index (χ0v) is 29.9. The summed E-state index contributed by atoms with van der Waals surface area (Å²) < 4.78 is 17.7. The molecule has 47 heavy (non-hydrogen) atoms. The van der Waals surface area contributed by atoms with Crippen molar-refractivity contribution in [3.63, 3.8) is 0 Å². The van der Waals surface area contributed by atoms with Gasteiger partial charge in [-0.25, -0.2) is 4.57 Å². The standard InChI is InChI=1S/C32H57N8O4P.Fe.Li.H/c41-45(42,43)44-23-15-7-14-22-24(23)32-39-30-21-13-6-5-12-20(21)28(37-30)35-26-17-9-2-1-8-16(17)25(33-26)34-27-18-10-3-4-11-19(18)29(36-27)38-31(22)40-32;;;/h16-40H,1-15H2,(H2,41,42,43);;;/q;;+1;-1. The molecule has 0 amide bonds. The first kappa shape index (κ1) is 36.3. The Morgan fingerprint density at radius 3 is 1.04 bits per heavy atom. The van der Waals surface area contributed by atoms with Crippen LogP contribution in [0.2, 0.25) is 0 Å². The first-order chi connectivity index (χ1) is 21.9. The minimum absolute atomic E-state index is 0. The Balaban J connectivity index is 0.00000134. The van der Waals surface area contributed by atoms with Gasteiger partial charge in [0.05, 0.1) is 55.4 Å². The largest absolute Gasteiger partial charge is 1.00 e. The van der Waals surface area contributed by atoms with Gasteiger partial charge >= 0.3 is 26.7 Å². The van der Waals surface area contributed by atoms with E-state index in [0.717, 1.165) is 12.8 Å². The van der Waals surface area contributed by atoms with E-state index in [2.05, 4.69) is 42.5 Å². The Hall–Kier alpha value is 0.907. The summed E-state index contributed by atoms with van der Waals surface area (Å²) in [7, 11) is -4.61. The maximum absolute atomic E-state index is 12.2. The second-order valence-electron chi connectivity index (χ2n) is 16.3. The first-order valence-electron chi connectivity index (χ1n) is 18.7. The van der Waals surface area contributed by atoms with E-state index in [1.807, 2.05) is 0 Å². The molecule has 12 nitrogen and oxygen atoms in total. The van der Waals surface area contributed by atoms with Crippen molar-refractivity contribution in [2.24, 2.45) is 47.3 Å². The summed E-state index contributed by atoms with van der Waals surface area (Å²) in [5, 5.41) is 32.7. The van der Waals surface area contributed by atoms with Crippen molar-refractivity contribution in [2.75, 3.05) is 0 Å². The van der Waals surface area contributed by atoms with Crippen molar-refractivity contribution in [2.45, 2.75) is 152 Å². The van der Waals surface area contributed by atoms with Gasteiger partial charge < -0.3 is 11.2 Å². The molecule has 0 aromatic rings. The molecule has 4 aliphatic carbocycles. The number of phosphoric ester groups is 1. The zero-order chi connectivity index (χ0) is 30.3. The number of fused-ring (bicyclic) bond motifs is 20. The second-order valence-corrected chi connectivity index (χ2v) is 17.5. The second kappa shape index (κ2) is 14.7. The summed E-state index contributed by atoms with van der Waals surface area (Å²) >= 11 is 0. The number of rotatable bonds is 2. The third kappa shape index (κ3) is 6.92. The molecule has 15 heteroatoms. The van der Waals surface area contributed by atoms with Crippen molar-refractivity contribution in [1.29, 1.82) is 0 Å². The summed E-state index contributed by atoms with van der Waals surface area (Å²) in [6.45, 7) is 0. The van der Waals surface area contributed by atoms with Crippen LogP contribution in [0.3, 0.4) is 0 Å². The van der Waals surface area contributed by atoms with E-state index < -0.39 is 13.9 Å². The minimum Gasteiger partial charge on any atom is -1.00 e. The van der Waals surface area contributed by atoms with E-state index in [4.69, 9.17) is 4.52 Å². The van der Waals surface area contributed by atoms with Gasteiger partial charge in [0, 0.05) is 23.0 Å². The van der Waals surface area contributed by atoms with Crippen molar-refractivity contribution >= 4 is 7.82 Å². The van der Waals surface area contributed by atoms with Crippen LogP contribution in [0.4, 0.5) is 0 Å². The van der Waals surface area contributed by atoms with Gasteiger partial charge in [0.25, 0.3) is 0 Å². The van der Waals surface area contributed by atoms with Gasteiger partial charge in [-0.1, -0.05) is 44.9 Å². The van der Waals surface area contributed by atoms with Gasteiger partial charge in [-0.2, -0.15) is 0 Å². The predicted octanol–water partition coefficient (Wildman–Crippen LogP) is -1.19. The van der Waals surface area contributed by atoms with Crippen LogP contribution >= 0.6 is 7.82 Å². The van der Waals surface area contributed by atoms with Crippen LogP contribution in [0, 0.1) is 47.3 Å². The maximum atomic E-state index is 12.2. The normalized spacial score (nSPS) is 52.3. The van der Waals surface area contributed by atoms with Gasteiger partial charge in [0.1, 0.15) is 0 Å². The molecule has 0 spiro atoms. The molecule has 264 valence electrons.